The van der Waals surface area contributed by atoms with Gasteiger partial charge in [0.25, 0.3) is 0 Å². The molecule has 2 N–H and O–H groups in total. The zero-order valence-electron chi connectivity index (χ0n) is 12.3. The molecule has 1 fully saturated rings. The number of amides is 1. The van der Waals surface area contributed by atoms with Crippen molar-refractivity contribution in [1.29, 1.82) is 0 Å². The largest absolute Gasteiger partial charge is 0.372 e. The van der Waals surface area contributed by atoms with Gasteiger partial charge in [-0.05, 0) is 32.6 Å². The smallest absolute Gasteiger partial charge is 0.248 e. The fraction of sp³-hybridized carbons (Fsp3) is 0.929. The van der Waals surface area contributed by atoms with Crippen LogP contribution in [0.2, 0.25) is 0 Å². The van der Waals surface area contributed by atoms with Crippen molar-refractivity contribution in [3.63, 3.8) is 0 Å². The van der Waals surface area contributed by atoms with Crippen LogP contribution in [0.5, 0.6) is 0 Å². The molecule has 0 aromatic heterocycles. The number of unbranched alkanes of at least 4 members (excludes halogenated alkanes) is 2. The SMILES string of the molecule is CCCCCOCC(=O)N1CCCCC1C(C)N.Cl. The highest BCUT2D eigenvalue weighted by atomic mass is 35.5. The Kier molecular flexibility index (Phi) is 10.3. The third kappa shape index (κ3) is 6.59. The summed E-state index contributed by atoms with van der Waals surface area (Å²) in [4.78, 5) is 14.0. The predicted molar refractivity (Wildman–Crippen MR) is 80.6 cm³/mol. The van der Waals surface area contributed by atoms with E-state index in [4.69, 9.17) is 10.5 Å². The molecule has 0 spiro atoms. The van der Waals surface area contributed by atoms with E-state index in [1.54, 1.807) is 0 Å². The van der Waals surface area contributed by atoms with Gasteiger partial charge in [-0.2, -0.15) is 0 Å². The van der Waals surface area contributed by atoms with Gasteiger partial charge in [-0.1, -0.05) is 19.8 Å². The van der Waals surface area contributed by atoms with Gasteiger partial charge in [0.1, 0.15) is 6.61 Å². The van der Waals surface area contributed by atoms with Gasteiger partial charge >= 0.3 is 0 Å². The minimum absolute atomic E-state index is 0. The highest BCUT2D eigenvalue weighted by Gasteiger charge is 2.28. The lowest BCUT2D eigenvalue weighted by Crippen LogP contribution is -2.52. The molecule has 0 aromatic carbocycles. The van der Waals surface area contributed by atoms with Crippen molar-refractivity contribution in [3.8, 4) is 0 Å². The van der Waals surface area contributed by atoms with Crippen LogP contribution in [0, 0.1) is 0 Å². The highest BCUT2D eigenvalue weighted by molar-refractivity contribution is 5.85. The zero-order chi connectivity index (χ0) is 13.4. The van der Waals surface area contributed by atoms with Crippen LogP contribution >= 0.6 is 12.4 Å². The molecule has 1 aliphatic heterocycles. The van der Waals surface area contributed by atoms with Crippen molar-refractivity contribution < 1.29 is 9.53 Å². The number of hydrogen-bond acceptors (Lipinski definition) is 3. The topological polar surface area (TPSA) is 55.6 Å². The molecule has 0 saturated carbocycles. The van der Waals surface area contributed by atoms with Gasteiger partial charge in [0.05, 0.1) is 0 Å². The monoisotopic (exact) mass is 292 g/mol. The van der Waals surface area contributed by atoms with E-state index in [9.17, 15) is 4.79 Å². The van der Waals surface area contributed by atoms with Gasteiger partial charge in [-0.15, -0.1) is 12.4 Å². The molecule has 114 valence electrons. The van der Waals surface area contributed by atoms with Gasteiger partial charge in [0.2, 0.25) is 5.91 Å². The van der Waals surface area contributed by atoms with Crippen LogP contribution in [0.25, 0.3) is 0 Å². The molecule has 2 unspecified atom stereocenters. The van der Waals surface area contributed by atoms with E-state index in [1.807, 2.05) is 11.8 Å². The van der Waals surface area contributed by atoms with E-state index < -0.39 is 0 Å². The van der Waals surface area contributed by atoms with Crippen molar-refractivity contribution in [3.05, 3.63) is 0 Å². The minimum atomic E-state index is 0. The number of carbonyl (C=O) groups is 1. The van der Waals surface area contributed by atoms with Crippen LogP contribution < -0.4 is 5.73 Å². The average Bonchev–Trinajstić information content (AvgIpc) is 2.38. The Bertz CT molecular complexity index is 250. The Morgan fingerprint density at radius 2 is 2.16 bits per heavy atom. The van der Waals surface area contributed by atoms with Gasteiger partial charge in [0, 0.05) is 25.2 Å². The molecule has 4 nitrogen and oxygen atoms in total. The first-order valence-electron chi connectivity index (χ1n) is 7.29. The Balaban J connectivity index is 0.00000324. The molecule has 19 heavy (non-hydrogen) atoms. The number of piperidine rings is 1. The van der Waals surface area contributed by atoms with Crippen LogP contribution in [-0.2, 0) is 9.53 Å². The van der Waals surface area contributed by atoms with Crippen molar-refractivity contribution in [2.45, 2.75) is 64.5 Å². The lowest BCUT2D eigenvalue weighted by molar-refractivity contribution is -0.140. The molecule has 5 heteroatoms. The lowest BCUT2D eigenvalue weighted by atomic mass is 9.97. The molecule has 0 aliphatic carbocycles. The number of carbonyl (C=O) groups excluding carboxylic acids is 1. The number of hydrogen-bond donors (Lipinski definition) is 1. The molecule has 1 rings (SSSR count). The molecule has 0 radical (unpaired) electrons. The van der Waals surface area contributed by atoms with Gasteiger partial charge in [-0.25, -0.2) is 0 Å². The van der Waals surface area contributed by atoms with Crippen molar-refractivity contribution in [2.24, 2.45) is 5.73 Å². The number of rotatable bonds is 7. The minimum Gasteiger partial charge on any atom is -0.372 e. The molecular weight excluding hydrogens is 264 g/mol. The molecule has 0 bridgehead atoms. The van der Waals surface area contributed by atoms with Crippen molar-refractivity contribution >= 4 is 18.3 Å². The summed E-state index contributed by atoms with van der Waals surface area (Å²) in [5, 5.41) is 0. The summed E-state index contributed by atoms with van der Waals surface area (Å²) in [6.45, 7) is 5.89. The molecule has 1 amide bonds. The Hall–Kier alpha value is -0.320. The van der Waals surface area contributed by atoms with Crippen LogP contribution in [-0.4, -0.2) is 42.6 Å². The molecule has 2 atom stereocenters. The number of halogens is 1. The summed E-state index contributed by atoms with van der Waals surface area (Å²) >= 11 is 0. The maximum atomic E-state index is 12.1. The van der Waals surface area contributed by atoms with E-state index >= 15 is 0 Å². The second-order valence-corrected chi connectivity index (χ2v) is 5.27. The van der Waals surface area contributed by atoms with Crippen LogP contribution in [0.4, 0.5) is 0 Å². The van der Waals surface area contributed by atoms with Crippen molar-refractivity contribution in [2.75, 3.05) is 19.8 Å². The third-order valence-corrected chi connectivity index (χ3v) is 3.59. The average molecular weight is 293 g/mol. The third-order valence-electron chi connectivity index (χ3n) is 3.59. The normalized spacial score (nSPS) is 20.8. The van der Waals surface area contributed by atoms with Gasteiger partial charge in [0.15, 0.2) is 0 Å². The Morgan fingerprint density at radius 1 is 1.42 bits per heavy atom. The van der Waals surface area contributed by atoms with E-state index in [-0.39, 0.29) is 37.0 Å². The first-order chi connectivity index (χ1) is 8.66. The summed E-state index contributed by atoms with van der Waals surface area (Å²) in [5.41, 5.74) is 5.96. The van der Waals surface area contributed by atoms with Gasteiger partial charge in [-0.3, -0.25) is 4.79 Å². The quantitative estimate of drug-likeness (QED) is 0.733. The summed E-state index contributed by atoms with van der Waals surface area (Å²) in [5.74, 6) is 0.105. The van der Waals surface area contributed by atoms with E-state index in [0.717, 1.165) is 25.8 Å². The maximum absolute atomic E-state index is 12.1. The predicted octanol–water partition coefficient (Wildman–Crippen LogP) is 2.34. The molecule has 1 saturated heterocycles. The van der Waals surface area contributed by atoms with Crippen LogP contribution in [0.15, 0.2) is 0 Å². The fourth-order valence-electron chi connectivity index (χ4n) is 2.51. The summed E-state index contributed by atoms with van der Waals surface area (Å²) in [6, 6.07) is 0.250. The lowest BCUT2D eigenvalue weighted by Gasteiger charge is -2.38. The molecule has 1 aliphatic rings. The number of nitrogens with two attached hydrogens (primary N) is 1. The summed E-state index contributed by atoms with van der Waals surface area (Å²) in [6.07, 6.45) is 6.68. The zero-order valence-corrected chi connectivity index (χ0v) is 13.1. The number of likely N-dealkylation sites (tertiary alicyclic amines) is 1. The second kappa shape index (κ2) is 10.5. The highest BCUT2D eigenvalue weighted by Crippen LogP contribution is 2.19. The fourth-order valence-corrected chi connectivity index (χ4v) is 2.51. The van der Waals surface area contributed by atoms with Gasteiger partial charge < -0.3 is 15.4 Å². The first kappa shape index (κ1) is 18.7. The molecule has 1 heterocycles. The number of nitrogens with zero attached hydrogens (tertiary/aromatic N) is 1. The van der Waals surface area contributed by atoms with Crippen molar-refractivity contribution in [1.82, 2.24) is 4.90 Å². The van der Waals surface area contributed by atoms with Crippen LogP contribution in [0.1, 0.15) is 52.4 Å². The van der Waals surface area contributed by atoms with Crippen LogP contribution in [0.3, 0.4) is 0 Å². The second-order valence-electron chi connectivity index (χ2n) is 5.27. The first-order valence-corrected chi connectivity index (χ1v) is 7.29. The standard InChI is InChI=1S/C14H28N2O2.ClH/c1-3-4-7-10-18-11-14(17)16-9-6-5-8-13(16)12(2)15;/h12-13H,3-11,15H2,1-2H3;1H. The van der Waals surface area contributed by atoms with E-state index in [0.29, 0.717) is 6.61 Å². The van der Waals surface area contributed by atoms with E-state index in [1.165, 1.54) is 19.3 Å². The van der Waals surface area contributed by atoms with E-state index in [2.05, 4.69) is 6.92 Å². The molecular formula is C14H29ClN2O2. The Morgan fingerprint density at radius 3 is 2.79 bits per heavy atom. The summed E-state index contributed by atoms with van der Waals surface area (Å²) < 4.78 is 5.45. The molecule has 0 aromatic rings. The Labute approximate surface area is 123 Å². The maximum Gasteiger partial charge on any atom is 0.248 e. The number of ether oxygens (including phenoxy) is 1. The summed E-state index contributed by atoms with van der Waals surface area (Å²) in [7, 11) is 0.